The SMILES string of the molecule is CCCCCC(C)C(=O)NCc1ccccc1OC(F)(F)F. The fourth-order valence-corrected chi connectivity index (χ4v) is 2.06. The lowest BCUT2D eigenvalue weighted by Crippen LogP contribution is -2.29. The predicted octanol–water partition coefficient (Wildman–Crippen LogP) is 4.42. The number of para-hydroxylation sites is 1. The molecule has 0 bridgehead atoms. The molecule has 0 aliphatic heterocycles. The van der Waals surface area contributed by atoms with Crippen molar-refractivity contribution in [2.45, 2.75) is 52.4 Å². The predicted molar refractivity (Wildman–Crippen MR) is 78.3 cm³/mol. The second kappa shape index (κ2) is 8.66. The zero-order valence-electron chi connectivity index (χ0n) is 12.9. The highest BCUT2D eigenvalue weighted by molar-refractivity contribution is 5.78. The van der Waals surface area contributed by atoms with Crippen molar-refractivity contribution in [2.24, 2.45) is 5.92 Å². The summed E-state index contributed by atoms with van der Waals surface area (Å²) in [5, 5.41) is 2.67. The molecule has 0 spiro atoms. The van der Waals surface area contributed by atoms with Gasteiger partial charge in [-0.1, -0.05) is 51.3 Å². The quantitative estimate of drug-likeness (QED) is 0.721. The topological polar surface area (TPSA) is 38.3 Å². The molecule has 22 heavy (non-hydrogen) atoms. The number of amides is 1. The van der Waals surface area contributed by atoms with Crippen LogP contribution in [0.15, 0.2) is 24.3 Å². The number of carbonyl (C=O) groups excluding carboxylic acids is 1. The molecule has 1 amide bonds. The van der Waals surface area contributed by atoms with Crippen LogP contribution in [0.2, 0.25) is 0 Å². The number of hydrogen-bond donors (Lipinski definition) is 1. The van der Waals surface area contributed by atoms with Crippen LogP contribution in [0.3, 0.4) is 0 Å². The summed E-state index contributed by atoms with van der Waals surface area (Å²) in [6.45, 7) is 3.93. The Hall–Kier alpha value is -1.72. The van der Waals surface area contributed by atoms with E-state index in [1.54, 1.807) is 6.07 Å². The molecule has 1 aromatic carbocycles. The van der Waals surface area contributed by atoms with Crippen LogP contribution in [0, 0.1) is 5.92 Å². The molecule has 0 fully saturated rings. The number of unbranched alkanes of at least 4 members (excludes halogenated alkanes) is 2. The van der Waals surface area contributed by atoms with Crippen molar-refractivity contribution in [3.63, 3.8) is 0 Å². The maximum absolute atomic E-state index is 12.3. The summed E-state index contributed by atoms with van der Waals surface area (Å²) >= 11 is 0. The fraction of sp³-hybridized carbons (Fsp3) is 0.562. The van der Waals surface area contributed by atoms with E-state index in [1.807, 2.05) is 6.92 Å². The highest BCUT2D eigenvalue weighted by Crippen LogP contribution is 2.26. The molecule has 1 N–H and O–H groups in total. The lowest BCUT2D eigenvalue weighted by Gasteiger charge is -2.15. The van der Waals surface area contributed by atoms with E-state index in [0.717, 1.165) is 25.7 Å². The van der Waals surface area contributed by atoms with Crippen LogP contribution >= 0.6 is 0 Å². The van der Waals surface area contributed by atoms with E-state index < -0.39 is 6.36 Å². The molecule has 6 heteroatoms. The minimum atomic E-state index is -4.74. The van der Waals surface area contributed by atoms with Gasteiger partial charge in [0.05, 0.1) is 0 Å². The Morgan fingerprint density at radius 3 is 2.59 bits per heavy atom. The summed E-state index contributed by atoms with van der Waals surface area (Å²) in [6, 6.07) is 5.80. The average molecular weight is 317 g/mol. The summed E-state index contributed by atoms with van der Waals surface area (Å²) in [7, 11) is 0. The number of halogens is 3. The van der Waals surface area contributed by atoms with Gasteiger partial charge in [0.1, 0.15) is 5.75 Å². The Balaban J connectivity index is 2.55. The van der Waals surface area contributed by atoms with Gasteiger partial charge in [-0.3, -0.25) is 4.79 Å². The molecule has 0 saturated heterocycles. The van der Waals surface area contributed by atoms with Gasteiger partial charge in [-0.05, 0) is 12.5 Å². The first-order valence-corrected chi connectivity index (χ1v) is 7.45. The number of rotatable bonds is 8. The zero-order valence-corrected chi connectivity index (χ0v) is 12.9. The minimum Gasteiger partial charge on any atom is -0.405 e. The highest BCUT2D eigenvalue weighted by Gasteiger charge is 2.32. The Labute approximate surface area is 128 Å². The average Bonchev–Trinajstić information content (AvgIpc) is 2.44. The second-order valence-electron chi connectivity index (χ2n) is 5.27. The number of nitrogens with one attached hydrogen (secondary N) is 1. The monoisotopic (exact) mass is 317 g/mol. The summed E-state index contributed by atoms with van der Waals surface area (Å²) in [6.07, 6.45) is -0.844. The summed E-state index contributed by atoms with van der Waals surface area (Å²) in [5.74, 6) is -0.589. The summed E-state index contributed by atoms with van der Waals surface area (Å²) in [5.41, 5.74) is 0.300. The Morgan fingerprint density at radius 2 is 1.95 bits per heavy atom. The molecule has 0 aliphatic rings. The van der Waals surface area contributed by atoms with Gasteiger partial charge in [0.2, 0.25) is 5.91 Å². The summed E-state index contributed by atoms with van der Waals surface area (Å²) < 4.78 is 40.9. The van der Waals surface area contributed by atoms with Gasteiger partial charge >= 0.3 is 6.36 Å². The van der Waals surface area contributed by atoms with Crippen LogP contribution in [-0.2, 0) is 11.3 Å². The lowest BCUT2D eigenvalue weighted by atomic mass is 10.0. The van der Waals surface area contributed by atoms with Crippen molar-refractivity contribution in [3.8, 4) is 5.75 Å². The normalized spacial score (nSPS) is 12.8. The number of benzene rings is 1. The van der Waals surface area contributed by atoms with Crippen molar-refractivity contribution in [3.05, 3.63) is 29.8 Å². The van der Waals surface area contributed by atoms with Crippen molar-refractivity contribution in [2.75, 3.05) is 0 Å². The molecule has 0 heterocycles. The molecule has 0 aliphatic carbocycles. The number of carbonyl (C=O) groups is 1. The maximum atomic E-state index is 12.3. The Kier molecular flexibility index (Phi) is 7.21. The summed E-state index contributed by atoms with van der Waals surface area (Å²) in [4.78, 5) is 11.9. The molecule has 1 aromatic rings. The van der Waals surface area contributed by atoms with Crippen molar-refractivity contribution in [1.82, 2.24) is 5.32 Å². The molecule has 1 unspecified atom stereocenters. The first-order chi connectivity index (χ1) is 10.3. The third-order valence-electron chi connectivity index (χ3n) is 3.34. The lowest BCUT2D eigenvalue weighted by molar-refractivity contribution is -0.274. The number of alkyl halides is 3. The van der Waals surface area contributed by atoms with Gasteiger partial charge in [-0.25, -0.2) is 0 Å². The van der Waals surface area contributed by atoms with Crippen LogP contribution in [0.25, 0.3) is 0 Å². The van der Waals surface area contributed by atoms with E-state index in [1.165, 1.54) is 18.2 Å². The molecule has 0 aromatic heterocycles. The third-order valence-corrected chi connectivity index (χ3v) is 3.34. The van der Waals surface area contributed by atoms with Gasteiger partial charge in [-0.15, -0.1) is 13.2 Å². The standard InChI is InChI=1S/C16H22F3NO2/c1-3-4-5-8-12(2)15(21)20-11-13-9-6-7-10-14(13)22-16(17,18)19/h6-7,9-10,12H,3-5,8,11H2,1-2H3,(H,20,21). The first-order valence-electron chi connectivity index (χ1n) is 7.45. The van der Waals surface area contributed by atoms with Crippen LogP contribution in [0.4, 0.5) is 13.2 Å². The van der Waals surface area contributed by atoms with E-state index in [4.69, 9.17) is 0 Å². The van der Waals surface area contributed by atoms with E-state index in [-0.39, 0.29) is 24.1 Å². The van der Waals surface area contributed by atoms with E-state index >= 15 is 0 Å². The smallest absolute Gasteiger partial charge is 0.405 e. The molecule has 124 valence electrons. The van der Waals surface area contributed by atoms with Crippen molar-refractivity contribution < 1.29 is 22.7 Å². The molecule has 3 nitrogen and oxygen atoms in total. The molecular weight excluding hydrogens is 295 g/mol. The first kappa shape index (κ1) is 18.3. The second-order valence-corrected chi connectivity index (χ2v) is 5.27. The molecule has 1 atom stereocenters. The van der Waals surface area contributed by atoms with E-state index in [9.17, 15) is 18.0 Å². The van der Waals surface area contributed by atoms with Gasteiger partial charge in [0.25, 0.3) is 0 Å². The van der Waals surface area contributed by atoms with Gasteiger partial charge in [0.15, 0.2) is 0 Å². The molecule has 0 radical (unpaired) electrons. The maximum Gasteiger partial charge on any atom is 0.573 e. The fourth-order valence-electron chi connectivity index (χ4n) is 2.06. The molecule has 1 rings (SSSR count). The third kappa shape index (κ3) is 6.83. The van der Waals surface area contributed by atoms with Crippen LogP contribution < -0.4 is 10.1 Å². The van der Waals surface area contributed by atoms with Crippen LogP contribution in [0.1, 0.15) is 45.1 Å². The highest BCUT2D eigenvalue weighted by atomic mass is 19.4. The van der Waals surface area contributed by atoms with Gasteiger partial charge < -0.3 is 10.1 Å². The largest absolute Gasteiger partial charge is 0.573 e. The van der Waals surface area contributed by atoms with Crippen LogP contribution in [0.5, 0.6) is 5.75 Å². The zero-order chi connectivity index (χ0) is 16.6. The van der Waals surface area contributed by atoms with Crippen molar-refractivity contribution in [1.29, 1.82) is 0 Å². The number of hydrogen-bond acceptors (Lipinski definition) is 2. The van der Waals surface area contributed by atoms with Crippen molar-refractivity contribution >= 4 is 5.91 Å². The molecule has 0 saturated carbocycles. The number of ether oxygens (including phenoxy) is 1. The Bertz CT molecular complexity index is 475. The van der Waals surface area contributed by atoms with Crippen LogP contribution in [-0.4, -0.2) is 12.3 Å². The van der Waals surface area contributed by atoms with Gasteiger partial charge in [0, 0.05) is 18.0 Å². The minimum absolute atomic E-state index is 0.0171. The van der Waals surface area contributed by atoms with Gasteiger partial charge in [-0.2, -0.15) is 0 Å². The van der Waals surface area contributed by atoms with E-state index in [0.29, 0.717) is 5.56 Å². The van der Waals surface area contributed by atoms with E-state index in [2.05, 4.69) is 17.0 Å². The Morgan fingerprint density at radius 1 is 1.27 bits per heavy atom. The molecular formula is C16H22F3NO2.